The van der Waals surface area contributed by atoms with Crippen LogP contribution in [0.15, 0.2) is 63.8 Å². The molecule has 0 unspecified atom stereocenters. The fraction of sp³-hybridized carbons (Fsp3) is 0.150. The molecule has 0 saturated heterocycles. The summed E-state index contributed by atoms with van der Waals surface area (Å²) in [6.45, 7) is 0.602. The molecule has 6 nitrogen and oxygen atoms in total. The number of pyridine rings is 1. The van der Waals surface area contributed by atoms with Crippen molar-refractivity contribution in [3.63, 3.8) is 0 Å². The number of para-hydroxylation sites is 2. The van der Waals surface area contributed by atoms with Crippen molar-refractivity contribution in [1.29, 1.82) is 0 Å². The third-order valence-corrected chi connectivity index (χ3v) is 4.43. The number of carbonyl (C=O) groups excluding carboxylic acids is 1. The summed E-state index contributed by atoms with van der Waals surface area (Å²) in [4.78, 5) is 28.3. The Morgan fingerprint density at radius 1 is 1.15 bits per heavy atom. The molecule has 0 saturated carbocycles. The molecule has 0 atom stereocenters. The highest BCUT2D eigenvalue weighted by atomic mass is 35.5. The zero-order valence-corrected chi connectivity index (χ0v) is 15.0. The standard InChI is InChI=1S/C20H15ClN2O4/c21-18-9-7-13-12-14(6-8-15(13)22-18)19(24)26-11-3-10-23-16-4-1-2-5-17(16)27-20(23)25/h1-2,4-9,12H,3,10-11H2. The number of halogens is 1. The fourth-order valence-corrected chi connectivity index (χ4v) is 3.08. The van der Waals surface area contributed by atoms with E-state index < -0.39 is 11.7 Å². The van der Waals surface area contributed by atoms with Crippen LogP contribution in [-0.4, -0.2) is 22.1 Å². The van der Waals surface area contributed by atoms with Crippen LogP contribution in [0.3, 0.4) is 0 Å². The van der Waals surface area contributed by atoms with Crippen molar-refractivity contribution >= 4 is 39.6 Å². The lowest BCUT2D eigenvalue weighted by Gasteiger charge is -2.06. The Morgan fingerprint density at radius 3 is 2.89 bits per heavy atom. The summed E-state index contributed by atoms with van der Waals surface area (Å²) < 4.78 is 12.0. The van der Waals surface area contributed by atoms with Crippen LogP contribution in [0.4, 0.5) is 0 Å². The van der Waals surface area contributed by atoms with Crippen LogP contribution < -0.4 is 5.76 Å². The van der Waals surface area contributed by atoms with Gasteiger partial charge in [0.15, 0.2) is 5.58 Å². The predicted octanol–water partition coefficient (Wildman–Crippen LogP) is 4.04. The van der Waals surface area contributed by atoms with Crippen molar-refractivity contribution in [3.05, 3.63) is 75.9 Å². The summed E-state index contributed by atoms with van der Waals surface area (Å²) in [7, 11) is 0. The highest BCUT2D eigenvalue weighted by molar-refractivity contribution is 6.29. The molecule has 2 heterocycles. The first-order valence-corrected chi connectivity index (χ1v) is 8.81. The van der Waals surface area contributed by atoms with Gasteiger partial charge in [0.05, 0.1) is 23.2 Å². The van der Waals surface area contributed by atoms with E-state index in [9.17, 15) is 9.59 Å². The Morgan fingerprint density at radius 2 is 2.00 bits per heavy atom. The number of nitrogens with zero attached hydrogens (tertiary/aromatic N) is 2. The van der Waals surface area contributed by atoms with Gasteiger partial charge in [-0.2, -0.15) is 0 Å². The lowest BCUT2D eigenvalue weighted by atomic mass is 10.1. The van der Waals surface area contributed by atoms with E-state index in [4.69, 9.17) is 20.8 Å². The maximum absolute atomic E-state index is 12.2. The van der Waals surface area contributed by atoms with Gasteiger partial charge in [0.1, 0.15) is 5.15 Å². The van der Waals surface area contributed by atoms with Crippen LogP contribution >= 0.6 is 11.6 Å². The molecule has 0 fully saturated rings. The molecule has 0 aliphatic heterocycles. The van der Waals surface area contributed by atoms with Gasteiger partial charge in [-0.1, -0.05) is 23.7 Å². The predicted molar refractivity (Wildman–Crippen MR) is 102 cm³/mol. The molecule has 7 heteroatoms. The van der Waals surface area contributed by atoms with Crippen LogP contribution in [0.5, 0.6) is 0 Å². The number of esters is 1. The molecular formula is C20H15ClN2O4. The molecule has 0 bridgehead atoms. The molecule has 4 rings (SSSR count). The third-order valence-electron chi connectivity index (χ3n) is 4.22. The van der Waals surface area contributed by atoms with E-state index in [-0.39, 0.29) is 6.61 Å². The average molecular weight is 383 g/mol. The Labute approximate surface area is 158 Å². The number of oxazole rings is 1. The van der Waals surface area contributed by atoms with E-state index in [1.54, 1.807) is 36.4 Å². The number of carbonyl (C=O) groups is 1. The molecule has 27 heavy (non-hydrogen) atoms. The van der Waals surface area contributed by atoms with Gasteiger partial charge in [-0.3, -0.25) is 4.57 Å². The number of hydrogen-bond acceptors (Lipinski definition) is 5. The van der Waals surface area contributed by atoms with Crippen molar-refractivity contribution in [2.24, 2.45) is 0 Å². The summed E-state index contributed by atoms with van der Waals surface area (Å²) in [5.41, 5.74) is 2.43. The Bertz CT molecular complexity index is 1200. The maximum Gasteiger partial charge on any atom is 0.419 e. The Kier molecular flexibility index (Phi) is 4.64. The zero-order valence-electron chi connectivity index (χ0n) is 14.2. The average Bonchev–Trinajstić information content (AvgIpc) is 2.99. The summed E-state index contributed by atoms with van der Waals surface area (Å²) in [6.07, 6.45) is 0.500. The SMILES string of the molecule is O=C(OCCCn1c(=O)oc2ccccc21)c1ccc2nc(Cl)ccc2c1. The number of aryl methyl sites for hydroxylation is 1. The lowest BCUT2D eigenvalue weighted by Crippen LogP contribution is -2.16. The van der Waals surface area contributed by atoms with Gasteiger partial charge in [-0.15, -0.1) is 0 Å². The van der Waals surface area contributed by atoms with Gasteiger partial charge in [0.25, 0.3) is 0 Å². The van der Waals surface area contributed by atoms with E-state index in [1.807, 2.05) is 18.2 Å². The van der Waals surface area contributed by atoms with Gasteiger partial charge < -0.3 is 9.15 Å². The smallest absolute Gasteiger partial charge is 0.419 e. The molecule has 0 amide bonds. The third kappa shape index (κ3) is 3.57. The molecule has 136 valence electrons. The van der Waals surface area contributed by atoms with Gasteiger partial charge in [0.2, 0.25) is 0 Å². The topological polar surface area (TPSA) is 74.3 Å². The van der Waals surface area contributed by atoms with Crippen molar-refractivity contribution in [1.82, 2.24) is 9.55 Å². The highest BCUT2D eigenvalue weighted by Gasteiger charge is 2.11. The second-order valence-corrected chi connectivity index (χ2v) is 6.41. The van der Waals surface area contributed by atoms with Crippen molar-refractivity contribution in [2.75, 3.05) is 6.61 Å². The molecule has 0 aliphatic carbocycles. The number of fused-ring (bicyclic) bond motifs is 2. The van der Waals surface area contributed by atoms with Crippen LogP contribution in [0.1, 0.15) is 16.8 Å². The zero-order chi connectivity index (χ0) is 18.8. The molecule has 0 N–H and O–H groups in total. The van der Waals surface area contributed by atoms with Crippen LogP contribution in [0, 0.1) is 0 Å². The first kappa shape index (κ1) is 17.3. The lowest BCUT2D eigenvalue weighted by molar-refractivity contribution is 0.0496. The summed E-state index contributed by atoms with van der Waals surface area (Å²) in [5.74, 6) is -0.834. The van der Waals surface area contributed by atoms with Crippen molar-refractivity contribution in [2.45, 2.75) is 13.0 Å². The second-order valence-electron chi connectivity index (χ2n) is 6.02. The van der Waals surface area contributed by atoms with Gasteiger partial charge >= 0.3 is 11.7 Å². The summed E-state index contributed by atoms with van der Waals surface area (Å²) >= 11 is 5.86. The summed E-state index contributed by atoms with van der Waals surface area (Å²) in [5, 5.41) is 1.21. The van der Waals surface area contributed by atoms with Crippen LogP contribution in [0.25, 0.3) is 22.0 Å². The Hall–Kier alpha value is -3.12. The van der Waals surface area contributed by atoms with Crippen LogP contribution in [0.2, 0.25) is 5.15 Å². The molecule has 0 radical (unpaired) electrons. The molecule has 4 aromatic rings. The van der Waals surface area contributed by atoms with E-state index in [0.717, 1.165) is 10.9 Å². The van der Waals surface area contributed by atoms with E-state index >= 15 is 0 Å². The second kappa shape index (κ2) is 7.25. The van der Waals surface area contributed by atoms with E-state index in [1.165, 1.54) is 4.57 Å². The molecule has 0 spiro atoms. The maximum atomic E-state index is 12.2. The van der Waals surface area contributed by atoms with Gasteiger partial charge in [-0.05, 0) is 48.9 Å². The molecule has 0 aliphatic rings. The molecule has 2 aromatic carbocycles. The quantitative estimate of drug-likeness (QED) is 0.296. The van der Waals surface area contributed by atoms with Crippen LogP contribution in [-0.2, 0) is 11.3 Å². The highest BCUT2D eigenvalue weighted by Crippen LogP contribution is 2.18. The van der Waals surface area contributed by atoms with Gasteiger partial charge in [-0.25, -0.2) is 14.6 Å². The fourth-order valence-electron chi connectivity index (χ4n) is 2.92. The minimum absolute atomic E-state index is 0.196. The minimum atomic E-state index is -0.420. The monoisotopic (exact) mass is 382 g/mol. The Balaban J connectivity index is 1.39. The molecule has 2 aromatic heterocycles. The first-order valence-electron chi connectivity index (χ1n) is 8.44. The minimum Gasteiger partial charge on any atom is -0.462 e. The number of ether oxygens (including phenoxy) is 1. The summed E-state index contributed by atoms with van der Waals surface area (Å²) in [6, 6.07) is 15.8. The number of benzene rings is 2. The van der Waals surface area contributed by atoms with Crippen molar-refractivity contribution < 1.29 is 13.9 Å². The normalized spacial score (nSPS) is 11.1. The largest absolute Gasteiger partial charge is 0.462 e. The van der Waals surface area contributed by atoms with E-state index in [0.29, 0.717) is 34.8 Å². The number of aromatic nitrogens is 2. The first-order chi connectivity index (χ1) is 13.1. The molecular weight excluding hydrogens is 368 g/mol. The van der Waals surface area contributed by atoms with E-state index in [2.05, 4.69) is 4.98 Å². The van der Waals surface area contributed by atoms with Gasteiger partial charge in [0, 0.05) is 11.9 Å². The number of hydrogen-bond donors (Lipinski definition) is 0. The van der Waals surface area contributed by atoms with Crippen molar-refractivity contribution in [3.8, 4) is 0 Å². The number of rotatable bonds is 5.